The quantitative estimate of drug-likeness (QED) is 0.439. The SMILES string of the molecule is C=C1CC2C(CC[C@]3(C)C(=O)C(F)CC23)[C@@]2(C)CCC(=NOC3CCNC3)C(c3ccccc3)C12. The van der Waals surface area contributed by atoms with Crippen LogP contribution in [0.4, 0.5) is 4.39 Å². The number of allylic oxidation sites excluding steroid dienone is 1. The molecule has 0 aromatic heterocycles. The maximum Gasteiger partial charge on any atom is 0.173 e. The topological polar surface area (TPSA) is 50.7 Å². The van der Waals surface area contributed by atoms with E-state index in [0.717, 1.165) is 57.3 Å². The van der Waals surface area contributed by atoms with Crippen LogP contribution >= 0.6 is 0 Å². The van der Waals surface area contributed by atoms with E-state index < -0.39 is 11.6 Å². The molecule has 7 unspecified atom stereocenters. The Bertz CT molecular complexity index is 1030. The summed E-state index contributed by atoms with van der Waals surface area (Å²) in [6.45, 7) is 11.0. The minimum Gasteiger partial charge on any atom is -0.391 e. The minimum atomic E-state index is -1.29. The number of hydrogen-bond acceptors (Lipinski definition) is 4. The average Bonchev–Trinajstić information content (AvgIpc) is 3.45. The van der Waals surface area contributed by atoms with E-state index in [1.54, 1.807) is 0 Å². The number of ketones is 1. The Labute approximate surface area is 208 Å². The molecule has 35 heavy (non-hydrogen) atoms. The fraction of sp³-hybridized carbons (Fsp3) is 0.667. The molecule has 4 saturated carbocycles. The highest BCUT2D eigenvalue weighted by Gasteiger charge is 2.64. The van der Waals surface area contributed by atoms with Crippen molar-refractivity contribution in [2.45, 2.75) is 77.0 Å². The van der Waals surface area contributed by atoms with Gasteiger partial charge in [0.05, 0.1) is 5.71 Å². The lowest BCUT2D eigenvalue weighted by Crippen LogP contribution is -2.56. The predicted octanol–water partition coefficient (Wildman–Crippen LogP) is 5.84. The van der Waals surface area contributed by atoms with E-state index in [1.807, 2.05) is 6.92 Å². The van der Waals surface area contributed by atoms with Gasteiger partial charge in [-0.05, 0) is 79.7 Å². The van der Waals surface area contributed by atoms with Crippen LogP contribution < -0.4 is 5.32 Å². The van der Waals surface area contributed by atoms with E-state index in [-0.39, 0.29) is 35.1 Å². The number of alkyl halides is 1. The Morgan fingerprint density at radius 3 is 2.69 bits per heavy atom. The standard InChI is InChI=1S/C30H39FN2O2/c1-18-15-21-22(9-12-30(3)23(21)16-24(31)28(30)34)29(2)13-10-25(33-35-20-11-14-32-17-20)26(27(18)29)19-7-5-4-6-8-19/h4-8,20-24,26-27,32H,1,9-17H2,2-3H3/t20?,21?,22?,23?,24?,26?,27?,29-,30+/m1/s1. The number of benzene rings is 1. The molecule has 1 heterocycles. The van der Waals surface area contributed by atoms with Gasteiger partial charge in [-0.25, -0.2) is 4.39 Å². The van der Waals surface area contributed by atoms with E-state index in [4.69, 9.17) is 9.99 Å². The monoisotopic (exact) mass is 478 g/mol. The number of carbonyl (C=O) groups is 1. The molecule has 1 aromatic rings. The second-order valence-electron chi connectivity index (χ2n) is 12.4. The summed E-state index contributed by atoms with van der Waals surface area (Å²) in [5.41, 5.74) is 3.26. The zero-order chi connectivity index (χ0) is 24.4. The first-order chi connectivity index (χ1) is 16.8. The number of rotatable bonds is 3. The molecule has 0 bridgehead atoms. The number of halogens is 1. The Morgan fingerprint density at radius 2 is 1.94 bits per heavy atom. The molecule has 1 N–H and O–H groups in total. The van der Waals surface area contributed by atoms with Gasteiger partial charge in [0.2, 0.25) is 0 Å². The normalized spacial score (nSPS) is 46.3. The lowest BCUT2D eigenvalue weighted by atomic mass is 9.42. The van der Waals surface area contributed by atoms with Crippen molar-refractivity contribution in [2.75, 3.05) is 13.1 Å². The zero-order valence-electron chi connectivity index (χ0n) is 21.1. The fourth-order valence-electron chi connectivity index (χ4n) is 8.98. The third kappa shape index (κ3) is 3.55. The van der Waals surface area contributed by atoms with Crippen LogP contribution in [-0.2, 0) is 9.63 Å². The van der Waals surface area contributed by atoms with Crippen molar-refractivity contribution in [1.82, 2.24) is 5.32 Å². The van der Waals surface area contributed by atoms with E-state index in [2.05, 4.69) is 49.2 Å². The highest BCUT2D eigenvalue weighted by molar-refractivity contribution is 5.93. The van der Waals surface area contributed by atoms with E-state index >= 15 is 0 Å². The van der Waals surface area contributed by atoms with Crippen LogP contribution in [0, 0.1) is 34.5 Å². The van der Waals surface area contributed by atoms with Gasteiger partial charge in [0.1, 0.15) is 6.10 Å². The zero-order valence-corrected chi connectivity index (χ0v) is 21.1. The molecule has 0 spiro atoms. The molecule has 0 radical (unpaired) electrons. The lowest BCUT2D eigenvalue weighted by Gasteiger charge is -2.61. The fourth-order valence-corrected chi connectivity index (χ4v) is 8.98. The molecular weight excluding hydrogens is 439 g/mol. The smallest absolute Gasteiger partial charge is 0.173 e. The van der Waals surface area contributed by atoms with Gasteiger partial charge in [-0.2, -0.15) is 0 Å². The number of nitrogens with zero attached hydrogens (tertiary/aromatic N) is 1. The van der Waals surface area contributed by atoms with Crippen molar-refractivity contribution >= 4 is 11.5 Å². The molecule has 4 aliphatic carbocycles. The molecule has 1 aliphatic heterocycles. The molecule has 1 aromatic carbocycles. The van der Waals surface area contributed by atoms with Gasteiger partial charge < -0.3 is 10.2 Å². The van der Waals surface area contributed by atoms with Gasteiger partial charge in [-0.15, -0.1) is 0 Å². The van der Waals surface area contributed by atoms with E-state index in [9.17, 15) is 9.18 Å². The lowest BCUT2D eigenvalue weighted by molar-refractivity contribution is -0.137. The Hall–Kier alpha value is -2.01. The number of fused-ring (bicyclic) bond motifs is 5. The molecule has 0 amide bonds. The Morgan fingerprint density at radius 1 is 1.14 bits per heavy atom. The summed E-state index contributed by atoms with van der Waals surface area (Å²) in [6, 6.07) is 10.8. The van der Waals surface area contributed by atoms with Gasteiger partial charge in [0.25, 0.3) is 0 Å². The van der Waals surface area contributed by atoms with Gasteiger partial charge in [-0.3, -0.25) is 4.79 Å². The van der Waals surface area contributed by atoms with E-state index in [1.165, 1.54) is 11.1 Å². The number of hydrogen-bond donors (Lipinski definition) is 1. The van der Waals surface area contributed by atoms with Crippen LogP contribution in [0.2, 0.25) is 0 Å². The summed E-state index contributed by atoms with van der Waals surface area (Å²) in [7, 11) is 0. The van der Waals surface area contributed by atoms with Crippen LogP contribution in [0.15, 0.2) is 47.6 Å². The van der Waals surface area contributed by atoms with Crippen LogP contribution in [0.3, 0.4) is 0 Å². The van der Waals surface area contributed by atoms with Crippen LogP contribution in [-0.4, -0.2) is 36.9 Å². The summed E-state index contributed by atoms with van der Waals surface area (Å²) in [4.78, 5) is 18.9. The van der Waals surface area contributed by atoms with Crippen molar-refractivity contribution in [2.24, 2.45) is 39.7 Å². The maximum atomic E-state index is 14.7. The molecule has 5 fully saturated rings. The molecular formula is C30H39FN2O2. The first-order valence-electron chi connectivity index (χ1n) is 13.7. The largest absolute Gasteiger partial charge is 0.391 e. The van der Waals surface area contributed by atoms with Crippen LogP contribution in [0.1, 0.15) is 70.3 Å². The molecule has 5 aliphatic rings. The predicted molar refractivity (Wildman–Crippen MR) is 136 cm³/mol. The summed E-state index contributed by atoms with van der Waals surface area (Å²) < 4.78 is 14.7. The summed E-state index contributed by atoms with van der Waals surface area (Å²) in [5.74, 6) is 1.28. The number of oxime groups is 1. The molecule has 188 valence electrons. The minimum absolute atomic E-state index is 0.0627. The first-order valence-corrected chi connectivity index (χ1v) is 13.7. The number of nitrogens with one attached hydrogen (secondary N) is 1. The van der Waals surface area contributed by atoms with Crippen molar-refractivity contribution in [1.29, 1.82) is 0 Å². The van der Waals surface area contributed by atoms with Crippen LogP contribution in [0.5, 0.6) is 0 Å². The Balaban J connectivity index is 1.36. The number of Topliss-reactive ketones (excluding diaryl/α,β-unsaturated/α-hetero) is 1. The second-order valence-corrected chi connectivity index (χ2v) is 12.4. The van der Waals surface area contributed by atoms with Gasteiger partial charge >= 0.3 is 0 Å². The van der Waals surface area contributed by atoms with Crippen molar-refractivity contribution in [3.63, 3.8) is 0 Å². The van der Waals surface area contributed by atoms with Gasteiger partial charge in [-0.1, -0.05) is 61.5 Å². The first kappa shape index (κ1) is 23.4. The summed E-state index contributed by atoms with van der Waals surface area (Å²) >= 11 is 0. The highest BCUT2D eigenvalue weighted by Crippen LogP contribution is 2.68. The average molecular weight is 479 g/mol. The molecule has 1 saturated heterocycles. The van der Waals surface area contributed by atoms with Crippen molar-refractivity contribution < 1.29 is 14.0 Å². The van der Waals surface area contributed by atoms with Crippen molar-refractivity contribution in [3.8, 4) is 0 Å². The Kier molecular flexibility index (Phi) is 5.71. The summed E-state index contributed by atoms with van der Waals surface area (Å²) in [5, 5.41) is 8.17. The number of carbonyl (C=O) groups excluding carboxylic acids is 1. The molecule has 9 atom stereocenters. The van der Waals surface area contributed by atoms with Gasteiger partial charge in [0, 0.05) is 24.3 Å². The molecule has 5 heteroatoms. The molecule has 4 nitrogen and oxygen atoms in total. The highest BCUT2D eigenvalue weighted by atomic mass is 19.1. The van der Waals surface area contributed by atoms with E-state index in [0.29, 0.717) is 18.3 Å². The third-order valence-electron chi connectivity index (χ3n) is 10.7. The second kappa shape index (κ2) is 8.54. The van der Waals surface area contributed by atoms with Crippen LogP contribution in [0.25, 0.3) is 0 Å². The van der Waals surface area contributed by atoms with Gasteiger partial charge in [0.15, 0.2) is 12.0 Å². The van der Waals surface area contributed by atoms with Crippen molar-refractivity contribution in [3.05, 3.63) is 48.0 Å². The third-order valence-corrected chi connectivity index (χ3v) is 10.7. The molecule has 6 rings (SSSR count). The summed E-state index contributed by atoms with van der Waals surface area (Å²) in [6.07, 6.45) is 4.95. The maximum absolute atomic E-state index is 14.7.